The van der Waals surface area contributed by atoms with Crippen LogP contribution in [0.1, 0.15) is 43.8 Å². The van der Waals surface area contributed by atoms with E-state index in [1.54, 1.807) is 12.1 Å². The average molecular weight is 304 g/mol. The number of nitrogens with zero attached hydrogens (tertiary/aromatic N) is 2. The van der Waals surface area contributed by atoms with Gasteiger partial charge in [-0.2, -0.15) is 0 Å². The van der Waals surface area contributed by atoms with Crippen LogP contribution in [0.5, 0.6) is 0 Å². The van der Waals surface area contributed by atoms with Crippen LogP contribution in [0, 0.1) is 22.0 Å². The van der Waals surface area contributed by atoms with Crippen molar-refractivity contribution in [2.45, 2.75) is 38.2 Å². The summed E-state index contributed by atoms with van der Waals surface area (Å²) >= 11 is 0. The van der Waals surface area contributed by atoms with Crippen molar-refractivity contribution in [3.05, 3.63) is 39.9 Å². The molecule has 1 N–H and O–H groups in total. The zero-order valence-corrected chi connectivity index (χ0v) is 12.9. The lowest BCUT2D eigenvalue weighted by Crippen LogP contribution is -2.30. The van der Waals surface area contributed by atoms with Crippen molar-refractivity contribution in [3.8, 4) is 0 Å². The standard InChI is InChI=1S/C17H24N2O3/c20-17(15-3-5-16(6-4-15)19(21)22)8-10-18-9-7-13-1-2-14(11-13)12-18/h3-6,13-14,17,20H,1-2,7-12H2/t13-,14-,17-/m0/s1. The summed E-state index contributed by atoms with van der Waals surface area (Å²) in [5.74, 6) is 1.78. The highest BCUT2D eigenvalue weighted by atomic mass is 16.6. The number of hydrogen-bond acceptors (Lipinski definition) is 4. The van der Waals surface area contributed by atoms with Crippen LogP contribution < -0.4 is 0 Å². The topological polar surface area (TPSA) is 66.6 Å². The molecule has 5 heteroatoms. The Bertz CT molecular complexity index is 517. The Labute approximate surface area is 131 Å². The zero-order chi connectivity index (χ0) is 15.5. The summed E-state index contributed by atoms with van der Waals surface area (Å²) in [6.45, 7) is 3.22. The summed E-state index contributed by atoms with van der Waals surface area (Å²) in [4.78, 5) is 12.7. The summed E-state index contributed by atoms with van der Waals surface area (Å²) in [6, 6.07) is 6.24. The van der Waals surface area contributed by atoms with E-state index in [1.165, 1.54) is 44.4 Å². The number of benzene rings is 1. The molecular formula is C17H24N2O3. The second kappa shape index (κ2) is 6.75. The van der Waals surface area contributed by atoms with E-state index in [4.69, 9.17) is 0 Å². The van der Waals surface area contributed by atoms with Crippen LogP contribution in [0.15, 0.2) is 24.3 Å². The molecule has 1 aromatic rings. The minimum Gasteiger partial charge on any atom is -0.388 e. The Morgan fingerprint density at radius 1 is 1.23 bits per heavy atom. The van der Waals surface area contributed by atoms with Gasteiger partial charge >= 0.3 is 0 Å². The number of aliphatic hydroxyl groups is 1. The molecule has 2 aliphatic rings. The molecule has 1 heterocycles. The maximum absolute atomic E-state index is 10.6. The van der Waals surface area contributed by atoms with Gasteiger partial charge in [-0.3, -0.25) is 10.1 Å². The number of aliphatic hydroxyl groups excluding tert-OH is 1. The van der Waals surface area contributed by atoms with Gasteiger partial charge in [0.25, 0.3) is 5.69 Å². The van der Waals surface area contributed by atoms with Crippen molar-refractivity contribution >= 4 is 5.69 Å². The van der Waals surface area contributed by atoms with Crippen LogP contribution in [0.25, 0.3) is 0 Å². The highest BCUT2D eigenvalue weighted by Crippen LogP contribution is 2.36. The molecule has 0 amide bonds. The fourth-order valence-electron chi connectivity index (χ4n) is 3.92. The third-order valence-corrected chi connectivity index (χ3v) is 5.23. The Hall–Kier alpha value is -1.46. The fraction of sp³-hybridized carbons (Fsp3) is 0.647. The van der Waals surface area contributed by atoms with Crippen LogP contribution in [0.2, 0.25) is 0 Å². The van der Waals surface area contributed by atoms with Gasteiger partial charge in [0, 0.05) is 25.2 Å². The van der Waals surface area contributed by atoms with Crippen molar-refractivity contribution in [3.63, 3.8) is 0 Å². The summed E-state index contributed by atoms with van der Waals surface area (Å²) in [6.07, 6.45) is 5.61. The molecule has 3 atom stereocenters. The van der Waals surface area contributed by atoms with Crippen molar-refractivity contribution in [1.29, 1.82) is 0 Å². The molecule has 5 nitrogen and oxygen atoms in total. The molecule has 1 saturated carbocycles. The number of likely N-dealkylation sites (tertiary alicyclic amines) is 1. The Morgan fingerprint density at radius 2 is 1.95 bits per heavy atom. The first kappa shape index (κ1) is 15.4. The van der Waals surface area contributed by atoms with Gasteiger partial charge in [0.05, 0.1) is 11.0 Å². The van der Waals surface area contributed by atoms with E-state index in [-0.39, 0.29) is 5.69 Å². The molecule has 0 aromatic heterocycles. The number of rotatable bonds is 5. The number of hydrogen-bond donors (Lipinski definition) is 1. The number of nitro groups is 1. The lowest BCUT2D eigenvalue weighted by atomic mass is 10.0. The predicted molar refractivity (Wildman–Crippen MR) is 84.6 cm³/mol. The van der Waals surface area contributed by atoms with Gasteiger partial charge in [-0.25, -0.2) is 0 Å². The fourth-order valence-corrected chi connectivity index (χ4v) is 3.92. The second-order valence-electron chi connectivity index (χ2n) is 6.79. The summed E-state index contributed by atoms with van der Waals surface area (Å²) in [7, 11) is 0. The molecular weight excluding hydrogens is 280 g/mol. The SMILES string of the molecule is O=[N+]([O-])c1ccc([C@@H](O)CCN2CC[C@@H]3CC[C@@H](C3)C2)cc1. The van der Waals surface area contributed by atoms with E-state index < -0.39 is 11.0 Å². The van der Waals surface area contributed by atoms with E-state index in [2.05, 4.69) is 4.90 Å². The molecule has 1 aliphatic heterocycles. The second-order valence-corrected chi connectivity index (χ2v) is 6.79. The first-order chi connectivity index (χ1) is 10.6. The lowest BCUT2D eigenvalue weighted by Gasteiger charge is -2.25. The molecule has 0 radical (unpaired) electrons. The Morgan fingerprint density at radius 3 is 2.68 bits per heavy atom. The van der Waals surface area contributed by atoms with E-state index in [0.29, 0.717) is 6.42 Å². The molecule has 1 aliphatic carbocycles. The van der Waals surface area contributed by atoms with Crippen LogP contribution in [0.3, 0.4) is 0 Å². The van der Waals surface area contributed by atoms with Crippen LogP contribution in [-0.4, -0.2) is 34.6 Å². The van der Waals surface area contributed by atoms with E-state index in [0.717, 1.165) is 30.5 Å². The molecule has 1 aromatic carbocycles. The molecule has 3 rings (SSSR count). The monoisotopic (exact) mass is 304 g/mol. The first-order valence-corrected chi connectivity index (χ1v) is 8.26. The van der Waals surface area contributed by atoms with E-state index in [9.17, 15) is 15.2 Å². The quantitative estimate of drug-likeness (QED) is 0.670. The molecule has 120 valence electrons. The van der Waals surface area contributed by atoms with Gasteiger partial charge < -0.3 is 10.0 Å². The van der Waals surface area contributed by atoms with Crippen LogP contribution in [0.4, 0.5) is 5.69 Å². The summed E-state index contributed by atoms with van der Waals surface area (Å²) in [5, 5.41) is 20.9. The van der Waals surface area contributed by atoms with E-state index >= 15 is 0 Å². The first-order valence-electron chi connectivity index (χ1n) is 8.26. The van der Waals surface area contributed by atoms with Gasteiger partial charge in [-0.1, -0.05) is 6.42 Å². The van der Waals surface area contributed by atoms with Crippen molar-refractivity contribution in [1.82, 2.24) is 4.90 Å². The zero-order valence-electron chi connectivity index (χ0n) is 12.9. The van der Waals surface area contributed by atoms with Gasteiger partial charge in [-0.15, -0.1) is 0 Å². The summed E-state index contributed by atoms with van der Waals surface area (Å²) in [5.41, 5.74) is 0.835. The third kappa shape index (κ3) is 3.65. The van der Waals surface area contributed by atoms with Crippen molar-refractivity contribution in [2.75, 3.05) is 19.6 Å². The average Bonchev–Trinajstić information content (AvgIpc) is 2.85. The van der Waals surface area contributed by atoms with Crippen molar-refractivity contribution in [2.24, 2.45) is 11.8 Å². The highest BCUT2D eigenvalue weighted by molar-refractivity contribution is 5.33. The predicted octanol–water partition coefficient (Wildman–Crippen LogP) is 3.14. The molecule has 0 spiro atoms. The number of nitro benzene ring substituents is 1. The highest BCUT2D eigenvalue weighted by Gasteiger charge is 2.29. The van der Waals surface area contributed by atoms with Gasteiger partial charge in [-0.05, 0) is 61.8 Å². The van der Waals surface area contributed by atoms with Gasteiger partial charge in [0.15, 0.2) is 0 Å². The van der Waals surface area contributed by atoms with Crippen molar-refractivity contribution < 1.29 is 10.0 Å². The largest absolute Gasteiger partial charge is 0.388 e. The minimum absolute atomic E-state index is 0.0690. The minimum atomic E-state index is -0.541. The Balaban J connectivity index is 1.51. The molecule has 2 fully saturated rings. The van der Waals surface area contributed by atoms with Crippen LogP contribution in [-0.2, 0) is 0 Å². The van der Waals surface area contributed by atoms with Crippen LogP contribution >= 0.6 is 0 Å². The Kier molecular flexibility index (Phi) is 4.74. The lowest BCUT2D eigenvalue weighted by molar-refractivity contribution is -0.384. The maximum atomic E-state index is 10.6. The van der Waals surface area contributed by atoms with Gasteiger partial charge in [0.1, 0.15) is 0 Å². The number of non-ortho nitro benzene ring substituents is 1. The molecule has 1 saturated heterocycles. The third-order valence-electron chi connectivity index (χ3n) is 5.23. The normalized spacial score (nSPS) is 26.6. The molecule has 22 heavy (non-hydrogen) atoms. The van der Waals surface area contributed by atoms with Gasteiger partial charge in [0.2, 0.25) is 0 Å². The molecule has 0 unspecified atom stereocenters. The van der Waals surface area contributed by atoms with E-state index in [1.807, 2.05) is 0 Å². The summed E-state index contributed by atoms with van der Waals surface area (Å²) < 4.78 is 0. The maximum Gasteiger partial charge on any atom is 0.269 e. The number of fused-ring (bicyclic) bond motifs is 2. The molecule has 2 bridgehead atoms. The smallest absolute Gasteiger partial charge is 0.269 e.